The highest BCUT2D eigenvalue weighted by molar-refractivity contribution is 9.10. The molecule has 0 fully saturated rings. The summed E-state index contributed by atoms with van der Waals surface area (Å²) in [6.07, 6.45) is 1.07. The molecule has 2 aromatic carbocycles. The summed E-state index contributed by atoms with van der Waals surface area (Å²) in [5.41, 5.74) is 3.77. The van der Waals surface area contributed by atoms with Gasteiger partial charge >= 0.3 is 0 Å². The minimum atomic E-state index is 0.648. The zero-order chi connectivity index (χ0) is 14.2. The predicted octanol–water partition coefficient (Wildman–Crippen LogP) is 3.93. The van der Waals surface area contributed by atoms with Crippen molar-refractivity contribution in [3.63, 3.8) is 0 Å². The largest absolute Gasteiger partial charge is 0.372 e. The molecule has 106 valence electrons. The maximum absolute atomic E-state index is 5.74. The molecule has 0 amide bonds. The number of halogens is 1. The van der Waals surface area contributed by atoms with Crippen LogP contribution in [0.4, 0.5) is 0 Å². The highest BCUT2D eigenvalue weighted by atomic mass is 79.9. The van der Waals surface area contributed by atoms with Crippen LogP contribution in [0.15, 0.2) is 53.0 Å². The molecule has 20 heavy (non-hydrogen) atoms. The van der Waals surface area contributed by atoms with Crippen LogP contribution in [0.2, 0.25) is 0 Å². The molecule has 0 aliphatic rings. The fourth-order valence-corrected chi connectivity index (χ4v) is 2.20. The number of likely N-dealkylation sites (N-methyl/N-ethyl adjacent to an activating group) is 1. The highest BCUT2D eigenvalue weighted by Gasteiger charge is 1.97. The van der Waals surface area contributed by atoms with Gasteiger partial charge in [0.1, 0.15) is 0 Å². The third-order valence-corrected chi connectivity index (χ3v) is 3.67. The van der Waals surface area contributed by atoms with Crippen molar-refractivity contribution in [2.24, 2.45) is 0 Å². The lowest BCUT2D eigenvalue weighted by Crippen LogP contribution is -2.10. The molecular formula is C17H20BrNO. The van der Waals surface area contributed by atoms with Crippen molar-refractivity contribution < 1.29 is 4.74 Å². The summed E-state index contributed by atoms with van der Waals surface area (Å²) in [4.78, 5) is 0. The third-order valence-electron chi connectivity index (χ3n) is 3.14. The molecule has 0 radical (unpaired) electrons. The molecule has 0 spiro atoms. The topological polar surface area (TPSA) is 21.3 Å². The van der Waals surface area contributed by atoms with Crippen molar-refractivity contribution in [1.82, 2.24) is 5.32 Å². The smallest absolute Gasteiger partial charge is 0.0721 e. The van der Waals surface area contributed by atoms with Gasteiger partial charge in [-0.25, -0.2) is 0 Å². The van der Waals surface area contributed by atoms with Gasteiger partial charge in [0.05, 0.1) is 13.2 Å². The van der Waals surface area contributed by atoms with Gasteiger partial charge in [-0.05, 0) is 48.8 Å². The number of benzene rings is 2. The summed E-state index contributed by atoms with van der Waals surface area (Å²) >= 11 is 3.43. The average molecular weight is 334 g/mol. The number of rotatable bonds is 7. The van der Waals surface area contributed by atoms with Crippen LogP contribution in [-0.2, 0) is 24.4 Å². The number of nitrogens with one attached hydrogen (secondary N) is 1. The Balaban J connectivity index is 1.77. The van der Waals surface area contributed by atoms with E-state index >= 15 is 0 Å². The summed E-state index contributed by atoms with van der Waals surface area (Å²) in [6, 6.07) is 16.9. The zero-order valence-electron chi connectivity index (χ0n) is 11.7. The average Bonchev–Trinajstić information content (AvgIpc) is 2.48. The maximum atomic E-state index is 5.74. The summed E-state index contributed by atoms with van der Waals surface area (Å²) in [6.45, 7) is 2.32. The van der Waals surface area contributed by atoms with Gasteiger partial charge in [-0.2, -0.15) is 0 Å². The molecule has 2 aromatic rings. The molecule has 0 aliphatic carbocycles. The van der Waals surface area contributed by atoms with Crippen LogP contribution < -0.4 is 5.32 Å². The molecule has 0 atom stereocenters. The second-order valence-electron chi connectivity index (χ2n) is 4.79. The van der Waals surface area contributed by atoms with Crippen molar-refractivity contribution >= 4 is 15.9 Å². The highest BCUT2D eigenvalue weighted by Crippen LogP contribution is 2.12. The van der Waals surface area contributed by atoms with E-state index in [1.54, 1.807) is 0 Å². The Hall–Kier alpha value is -1.16. The second-order valence-corrected chi connectivity index (χ2v) is 5.70. The van der Waals surface area contributed by atoms with Gasteiger partial charge in [0.15, 0.2) is 0 Å². The molecule has 0 aliphatic heterocycles. The van der Waals surface area contributed by atoms with Crippen molar-refractivity contribution in [2.45, 2.75) is 19.6 Å². The Kier molecular flexibility index (Phi) is 6.25. The fraction of sp³-hybridized carbons (Fsp3) is 0.294. The van der Waals surface area contributed by atoms with Gasteiger partial charge in [-0.15, -0.1) is 0 Å². The number of ether oxygens (including phenoxy) is 1. The van der Waals surface area contributed by atoms with Gasteiger partial charge in [0, 0.05) is 4.47 Å². The molecule has 0 saturated heterocycles. The first-order chi connectivity index (χ1) is 9.78. The van der Waals surface area contributed by atoms with E-state index in [0.717, 1.165) is 17.4 Å². The lowest BCUT2D eigenvalue weighted by molar-refractivity contribution is 0.107. The van der Waals surface area contributed by atoms with E-state index in [9.17, 15) is 0 Å². The fourth-order valence-electron chi connectivity index (χ4n) is 1.94. The van der Waals surface area contributed by atoms with Crippen LogP contribution in [0.1, 0.15) is 16.7 Å². The van der Waals surface area contributed by atoms with Gasteiger partial charge in [0.25, 0.3) is 0 Å². The van der Waals surface area contributed by atoms with Gasteiger partial charge < -0.3 is 10.1 Å². The Bertz CT molecular complexity index is 508. The van der Waals surface area contributed by atoms with E-state index < -0.39 is 0 Å². The first-order valence-electron chi connectivity index (χ1n) is 6.82. The first kappa shape index (κ1) is 15.2. The number of hydrogen-bond acceptors (Lipinski definition) is 2. The van der Waals surface area contributed by atoms with Crippen LogP contribution in [0.5, 0.6) is 0 Å². The SMILES string of the molecule is CNCCc1ccc(COCc2ccc(Br)cc2)cc1. The summed E-state index contributed by atoms with van der Waals surface area (Å²) in [5, 5.41) is 3.16. The van der Waals surface area contributed by atoms with Crippen molar-refractivity contribution in [1.29, 1.82) is 0 Å². The Labute approximate surface area is 129 Å². The van der Waals surface area contributed by atoms with E-state index in [2.05, 4.69) is 57.6 Å². The first-order valence-corrected chi connectivity index (χ1v) is 7.62. The predicted molar refractivity (Wildman–Crippen MR) is 86.7 cm³/mol. The summed E-state index contributed by atoms with van der Waals surface area (Å²) < 4.78 is 6.83. The molecule has 3 heteroatoms. The van der Waals surface area contributed by atoms with Crippen molar-refractivity contribution in [3.8, 4) is 0 Å². The van der Waals surface area contributed by atoms with E-state index in [-0.39, 0.29) is 0 Å². The standard InChI is InChI=1S/C17H20BrNO/c1-19-11-10-14-2-4-15(5-3-14)12-20-13-16-6-8-17(18)9-7-16/h2-9,19H,10-13H2,1H3. The second kappa shape index (κ2) is 8.20. The zero-order valence-corrected chi connectivity index (χ0v) is 13.3. The van der Waals surface area contributed by atoms with E-state index in [4.69, 9.17) is 4.74 Å². The quantitative estimate of drug-likeness (QED) is 0.828. The number of hydrogen-bond donors (Lipinski definition) is 1. The molecule has 0 unspecified atom stereocenters. The maximum Gasteiger partial charge on any atom is 0.0721 e. The van der Waals surface area contributed by atoms with Crippen LogP contribution in [0.25, 0.3) is 0 Å². The Morgan fingerprint density at radius 1 is 0.850 bits per heavy atom. The van der Waals surface area contributed by atoms with Crippen molar-refractivity contribution in [3.05, 3.63) is 69.7 Å². The van der Waals surface area contributed by atoms with Crippen LogP contribution in [0.3, 0.4) is 0 Å². The molecule has 2 nitrogen and oxygen atoms in total. The third kappa shape index (κ3) is 5.08. The lowest BCUT2D eigenvalue weighted by atomic mass is 10.1. The van der Waals surface area contributed by atoms with E-state index in [1.807, 2.05) is 19.2 Å². The van der Waals surface area contributed by atoms with E-state index in [1.165, 1.54) is 16.7 Å². The van der Waals surface area contributed by atoms with E-state index in [0.29, 0.717) is 13.2 Å². The minimum absolute atomic E-state index is 0.648. The summed E-state index contributed by atoms with van der Waals surface area (Å²) in [7, 11) is 1.98. The molecule has 0 bridgehead atoms. The van der Waals surface area contributed by atoms with Crippen LogP contribution in [0, 0.1) is 0 Å². The molecule has 0 aromatic heterocycles. The molecule has 0 saturated carbocycles. The normalized spacial score (nSPS) is 10.7. The monoisotopic (exact) mass is 333 g/mol. The van der Waals surface area contributed by atoms with Crippen LogP contribution in [-0.4, -0.2) is 13.6 Å². The van der Waals surface area contributed by atoms with Gasteiger partial charge in [-0.3, -0.25) is 0 Å². The molecular weight excluding hydrogens is 314 g/mol. The molecule has 1 N–H and O–H groups in total. The minimum Gasteiger partial charge on any atom is -0.372 e. The Morgan fingerprint density at radius 3 is 1.90 bits per heavy atom. The molecule has 0 heterocycles. The Morgan fingerprint density at radius 2 is 1.35 bits per heavy atom. The van der Waals surface area contributed by atoms with Crippen molar-refractivity contribution in [2.75, 3.05) is 13.6 Å². The van der Waals surface area contributed by atoms with Gasteiger partial charge in [-0.1, -0.05) is 52.3 Å². The lowest BCUT2D eigenvalue weighted by Gasteiger charge is -2.06. The summed E-state index contributed by atoms with van der Waals surface area (Å²) in [5.74, 6) is 0. The molecule has 2 rings (SSSR count). The van der Waals surface area contributed by atoms with Gasteiger partial charge in [0.2, 0.25) is 0 Å². The van der Waals surface area contributed by atoms with Crippen LogP contribution >= 0.6 is 15.9 Å².